The molecule has 15 heavy (non-hydrogen) atoms. The molecular weight excluding hydrogens is 202 g/mol. The predicted molar refractivity (Wildman–Crippen MR) is 65.3 cm³/mol. The molecule has 1 unspecified atom stereocenters. The minimum atomic E-state index is 0.581. The lowest BCUT2D eigenvalue weighted by Crippen LogP contribution is -2.57. The summed E-state index contributed by atoms with van der Waals surface area (Å²) in [5, 5.41) is 2.28. The van der Waals surface area contributed by atoms with Crippen LogP contribution in [0.25, 0.3) is 0 Å². The molecule has 1 spiro atoms. The Hall–Kier alpha value is -0.340. The molecule has 0 bridgehead atoms. The molecule has 1 aliphatic heterocycles. The van der Waals surface area contributed by atoms with E-state index in [2.05, 4.69) is 25.5 Å². The maximum Gasteiger partial charge on any atom is 0.104 e. The molecule has 1 fully saturated rings. The van der Waals surface area contributed by atoms with Crippen molar-refractivity contribution in [3.8, 4) is 0 Å². The lowest BCUT2D eigenvalue weighted by molar-refractivity contribution is -0.929. The Balaban J connectivity index is 1.97. The largest absolute Gasteiger partial charge is 0.323 e. The van der Waals surface area contributed by atoms with Gasteiger partial charge in [0.05, 0.1) is 20.6 Å². The van der Waals surface area contributed by atoms with Crippen molar-refractivity contribution >= 4 is 11.3 Å². The van der Waals surface area contributed by atoms with Gasteiger partial charge in [0, 0.05) is 30.6 Å². The van der Waals surface area contributed by atoms with E-state index >= 15 is 0 Å². The van der Waals surface area contributed by atoms with Gasteiger partial charge in [-0.1, -0.05) is 0 Å². The van der Waals surface area contributed by atoms with Crippen molar-refractivity contribution in [1.29, 1.82) is 0 Å². The average molecular weight is 222 g/mol. The van der Waals surface area contributed by atoms with Gasteiger partial charge in [-0.3, -0.25) is 0 Å². The third-order valence-electron chi connectivity index (χ3n) is 4.83. The molecule has 2 heterocycles. The molecule has 0 saturated carbocycles. The third-order valence-corrected chi connectivity index (χ3v) is 5.79. The molecule has 2 heteroatoms. The Bertz CT molecular complexity index is 380. The summed E-state index contributed by atoms with van der Waals surface area (Å²) in [7, 11) is 4.87. The summed E-state index contributed by atoms with van der Waals surface area (Å²) in [6, 6.07) is 2.34. The van der Waals surface area contributed by atoms with Gasteiger partial charge in [0.15, 0.2) is 0 Å². The Morgan fingerprint density at radius 3 is 2.93 bits per heavy atom. The maximum absolute atomic E-state index is 2.44. The fourth-order valence-corrected chi connectivity index (χ4v) is 4.64. The molecule has 1 saturated heterocycles. The summed E-state index contributed by atoms with van der Waals surface area (Å²) in [6.45, 7) is 1.38. The SMILES string of the molecule is C[N+]1(C)CCCC12CCc1ccsc1C2. The minimum absolute atomic E-state index is 0.581. The second-order valence-corrected chi connectivity index (χ2v) is 6.78. The number of aryl methyl sites for hydroxylation is 1. The minimum Gasteiger partial charge on any atom is -0.323 e. The van der Waals surface area contributed by atoms with Gasteiger partial charge < -0.3 is 4.48 Å². The van der Waals surface area contributed by atoms with Crippen molar-refractivity contribution in [3.63, 3.8) is 0 Å². The van der Waals surface area contributed by atoms with E-state index in [0.29, 0.717) is 5.54 Å². The van der Waals surface area contributed by atoms with Crippen LogP contribution in [0.3, 0.4) is 0 Å². The van der Waals surface area contributed by atoms with Crippen LogP contribution >= 0.6 is 11.3 Å². The van der Waals surface area contributed by atoms with E-state index in [-0.39, 0.29) is 0 Å². The topological polar surface area (TPSA) is 0 Å². The van der Waals surface area contributed by atoms with E-state index in [1.54, 1.807) is 10.4 Å². The summed E-state index contributed by atoms with van der Waals surface area (Å²) < 4.78 is 1.25. The average Bonchev–Trinajstić information content (AvgIpc) is 2.73. The second-order valence-electron chi connectivity index (χ2n) is 5.78. The van der Waals surface area contributed by atoms with Crippen molar-refractivity contribution in [3.05, 3.63) is 21.9 Å². The monoisotopic (exact) mass is 222 g/mol. The van der Waals surface area contributed by atoms with Crippen molar-refractivity contribution in [2.75, 3.05) is 20.6 Å². The van der Waals surface area contributed by atoms with E-state index in [0.717, 1.165) is 0 Å². The molecule has 2 aliphatic rings. The van der Waals surface area contributed by atoms with Crippen LogP contribution in [0.4, 0.5) is 0 Å². The van der Waals surface area contributed by atoms with Gasteiger partial charge in [-0.25, -0.2) is 0 Å². The number of likely N-dealkylation sites (N-methyl/N-ethyl adjacent to an activating group) is 1. The van der Waals surface area contributed by atoms with E-state index in [4.69, 9.17) is 0 Å². The molecule has 1 aromatic rings. The number of fused-ring (bicyclic) bond motifs is 1. The van der Waals surface area contributed by atoms with Gasteiger partial charge in [-0.2, -0.15) is 0 Å². The van der Waals surface area contributed by atoms with Crippen molar-refractivity contribution in [2.45, 2.75) is 37.6 Å². The molecule has 3 rings (SSSR count). The first-order chi connectivity index (χ1) is 7.13. The van der Waals surface area contributed by atoms with E-state index < -0.39 is 0 Å². The standard InChI is InChI=1S/C13H20NS/c1-14(2)8-3-6-13(14)7-4-11-5-9-15-12(11)10-13/h5,9H,3-4,6-8,10H2,1-2H3/q+1. The highest BCUT2D eigenvalue weighted by atomic mass is 32.1. The Morgan fingerprint density at radius 1 is 1.33 bits per heavy atom. The van der Waals surface area contributed by atoms with E-state index in [1.807, 2.05) is 11.3 Å². The van der Waals surface area contributed by atoms with E-state index in [9.17, 15) is 0 Å². The van der Waals surface area contributed by atoms with Crippen LogP contribution in [0, 0.1) is 0 Å². The zero-order valence-electron chi connectivity index (χ0n) is 9.75. The van der Waals surface area contributed by atoms with Crippen LogP contribution in [0.15, 0.2) is 11.4 Å². The van der Waals surface area contributed by atoms with Gasteiger partial charge in [0.1, 0.15) is 5.54 Å². The lowest BCUT2D eigenvalue weighted by Gasteiger charge is -2.45. The van der Waals surface area contributed by atoms with E-state index in [1.165, 1.54) is 43.1 Å². The lowest BCUT2D eigenvalue weighted by atomic mass is 9.79. The quantitative estimate of drug-likeness (QED) is 0.592. The van der Waals surface area contributed by atoms with Crippen molar-refractivity contribution in [2.24, 2.45) is 0 Å². The van der Waals surface area contributed by atoms with Crippen molar-refractivity contribution < 1.29 is 4.48 Å². The molecule has 1 aliphatic carbocycles. The highest BCUT2D eigenvalue weighted by molar-refractivity contribution is 7.10. The molecule has 82 valence electrons. The molecule has 0 radical (unpaired) electrons. The highest BCUT2D eigenvalue weighted by Gasteiger charge is 2.51. The Morgan fingerprint density at radius 2 is 2.20 bits per heavy atom. The number of quaternary nitrogens is 1. The number of nitrogens with zero attached hydrogens (tertiary/aromatic N) is 1. The van der Waals surface area contributed by atoms with Gasteiger partial charge in [0.25, 0.3) is 0 Å². The fourth-order valence-electron chi connectivity index (χ4n) is 3.57. The van der Waals surface area contributed by atoms with Crippen LogP contribution in [0.2, 0.25) is 0 Å². The van der Waals surface area contributed by atoms with Crippen LogP contribution in [0.5, 0.6) is 0 Å². The first-order valence-corrected chi connectivity index (χ1v) is 6.89. The summed E-state index contributed by atoms with van der Waals surface area (Å²) in [5.41, 5.74) is 2.22. The number of likely N-dealkylation sites (tertiary alicyclic amines) is 1. The molecule has 1 nitrogen and oxygen atoms in total. The number of hydrogen-bond donors (Lipinski definition) is 0. The molecule has 1 aromatic heterocycles. The Labute approximate surface area is 96.3 Å². The smallest absolute Gasteiger partial charge is 0.104 e. The van der Waals surface area contributed by atoms with Gasteiger partial charge >= 0.3 is 0 Å². The maximum atomic E-state index is 2.44. The van der Waals surface area contributed by atoms with Gasteiger partial charge in [0.2, 0.25) is 0 Å². The number of hydrogen-bond acceptors (Lipinski definition) is 1. The second kappa shape index (κ2) is 3.08. The van der Waals surface area contributed by atoms with Gasteiger partial charge in [-0.05, 0) is 23.4 Å². The zero-order chi connectivity index (χ0) is 10.5. The first kappa shape index (κ1) is 9.86. The molecule has 0 N–H and O–H groups in total. The summed E-state index contributed by atoms with van der Waals surface area (Å²) in [4.78, 5) is 1.68. The molecule has 1 atom stereocenters. The molecule has 0 amide bonds. The summed E-state index contributed by atoms with van der Waals surface area (Å²) >= 11 is 1.98. The Kier molecular flexibility index (Phi) is 2.02. The van der Waals surface area contributed by atoms with Crippen LogP contribution < -0.4 is 0 Å². The summed E-state index contributed by atoms with van der Waals surface area (Å²) in [6.07, 6.45) is 6.93. The molecular formula is C13H20NS+. The highest BCUT2D eigenvalue weighted by Crippen LogP contribution is 2.44. The summed E-state index contributed by atoms with van der Waals surface area (Å²) in [5.74, 6) is 0. The van der Waals surface area contributed by atoms with Crippen molar-refractivity contribution in [1.82, 2.24) is 0 Å². The van der Waals surface area contributed by atoms with Gasteiger partial charge in [-0.15, -0.1) is 11.3 Å². The van der Waals surface area contributed by atoms with Crippen LogP contribution in [-0.4, -0.2) is 30.7 Å². The number of rotatable bonds is 0. The van der Waals surface area contributed by atoms with Crippen LogP contribution in [0.1, 0.15) is 29.7 Å². The number of thiophene rings is 1. The fraction of sp³-hybridized carbons (Fsp3) is 0.692. The zero-order valence-corrected chi connectivity index (χ0v) is 10.6. The van der Waals surface area contributed by atoms with Crippen LogP contribution in [-0.2, 0) is 12.8 Å². The normalized spacial score (nSPS) is 33.2. The first-order valence-electron chi connectivity index (χ1n) is 6.01. The molecule has 0 aromatic carbocycles. The third kappa shape index (κ3) is 1.31. The predicted octanol–water partition coefficient (Wildman–Crippen LogP) is 2.85.